The van der Waals surface area contributed by atoms with E-state index in [0.717, 1.165) is 0 Å². The molecular formula is C13H10ClFN2O. The van der Waals surface area contributed by atoms with E-state index in [-0.39, 0.29) is 5.82 Å². The highest BCUT2D eigenvalue weighted by Crippen LogP contribution is 2.31. The van der Waals surface area contributed by atoms with Gasteiger partial charge in [0, 0.05) is 10.6 Å². The summed E-state index contributed by atoms with van der Waals surface area (Å²) in [5, 5.41) is 3.60. The van der Waals surface area contributed by atoms with Crippen molar-refractivity contribution >= 4 is 17.4 Å². The van der Waals surface area contributed by atoms with Crippen LogP contribution in [0.4, 0.5) is 10.2 Å². The molecular weight excluding hydrogens is 255 g/mol. The first-order chi connectivity index (χ1) is 8.74. The van der Waals surface area contributed by atoms with Gasteiger partial charge in [-0.2, -0.15) is 0 Å². The summed E-state index contributed by atoms with van der Waals surface area (Å²) in [6.45, 7) is 1.31. The quantitative estimate of drug-likeness (QED) is 0.858. The summed E-state index contributed by atoms with van der Waals surface area (Å²) in [6.07, 6.45) is 0. The van der Waals surface area contributed by atoms with E-state index >= 15 is 0 Å². The second-order valence-electron chi connectivity index (χ2n) is 3.94. The molecule has 2 aromatic rings. The van der Waals surface area contributed by atoms with Gasteiger partial charge >= 0.3 is 0 Å². The standard InChI is InChI=1S/C13H10ClFN2O/c14-8-1-2-10(15)9(7-8)11-3-4-12-13(17-11)16-5-6-18-12/h1-4,7H,5-6H2,(H,16,17). The van der Waals surface area contributed by atoms with Crippen LogP contribution in [0.5, 0.6) is 5.75 Å². The molecule has 3 rings (SSSR count). The molecule has 0 atom stereocenters. The molecule has 2 heterocycles. The summed E-state index contributed by atoms with van der Waals surface area (Å²) in [7, 11) is 0. The number of rotatable bonds is 1. The van der Waals surface area contributed by atoms with Crippen molar-refractivity contribution in [1.82, 2.24) is 4.98 Å². The summed E-state index contributed by atoms with van der Waals surface area (Å²) in [5.74, 6) is 0.981. The molecule has 18 heavy (non-hydrogen) atoms. The molecule has 1 aliphatic rings. The van der Waals surface area contributed by atoms with Gasteiger partial charge in [0.2, 0.25) is 0 Å². The Kier molecular flexibility index (Phi) is 2.80. The molecule has 0 amide bonds. The predicted molar refractivity (Wildman–Crippen MR) is 68.6 cm³/mol. The Labute approximate surface area is 109 Å². The van der Waals surface area contributed by atoms with Crippen LogP contribution in [0.3, 0.4) is 0 Å². The Balaban J connectivity index is 2.09. The monoisotopic (exact) mass is 264 g/mol. The largest absolute Gasteiger partial charge is 0.488 e. The van der Waals surface area contributed by atoms with E-state index in [9.17, 15) is 4.39 Å². The molecule has 1 aliphatic heterocycles. The second kappa shape index (κ2) is 4.46. The summed E-state index contributed by atoms with van der Waals surface area (Å²) >= 11 is 5.88. The minimum atomic E-state index is -0.344. The number of nitrogens with zero attached hydrogens (tertiary/aromatic N) is 1. The lowest BCUT2D eigenvalue weighted by molar-refractivity contribution is 0.321. The lowest BCUT2D eigenvalue weighted by Crippen LogP contribution is -2.19. The second-order valence-corrected chi connectivity index (χ2v) is 4.38. The van der Waals surface area contributed by atoms with Gasteiger partial charge in [-0.3, -0.25) is 0 Å². The van der Waals surface area contributed by atoms with Crippen LogP contribution in [0.1, 0.15) is 0 Å². The van der Waals surface area contributed by atoms with Gasteiger partial charge in [0.05, 0.1) is 12.2 Å². The van der Waals surface area contributed by atoms with E-state index in [1.165, 1.54) is 12.1 Å². The molecule has 0 saturated carbocycles. The van der Waals surface area contributed by atoms with Crippen molar-refractivity contribution in [3.05, 3.63) is 41.2 Å². The maximum absolute atomic E-state index is 13.7. The van der Waals surface area contributed by atoms with Crippen LogP contribution in [-0.4, -0.2) is 18.1 Å². The molecule has 1 aromatic heterocycles. The van der Waals surface area contributed by atoms with Gasteiger partial charge in [0.1, 0.15) is 12.4 Å². The van der Waals surface area contributed by atoms with E-state index < -0.39 is 0 Å². The number of fused-ring (bicyclic) bond motifs is 1. The van der Waals surface area contributed by atoms with Gasteiger partial charge in [-0.05, 0) is 30.3 Å². The van der Waals surface area contributed by atoms with Gasteiger partial charge in [-0.1, -0.05) is 11.6 Å². The number of hydrogen-bond donors (Lipinski definition) is 1. The average molecular weight is 265 g/mol. The van der Waals surface area contributed by atoms with E-state index in [4.69, 9.17) is 16.3 Å². The SMILES string of the molecule is Fc1ccc(Cl)cc1-c1ccc2c(n1)NCCO2. The van der Waals surface area contributed by atoms with Crippen molar-refractivity contribution in [3.8, 4) is 17.0 Å². The normalized spacial score (nSPS) is 13.4. The molecule has 0 aliphatic carbocycles. The van der Waals surface area contributed by atoms with Gasteiger partial charge in [0.15, 0.2) is 11.6 Å². The molecule has 3 nitrogen and oxygen atoms in total. The molecule has 0 radical (unpaired) electrons. The maximum Gasteiger partial charge on any atom is 0.169 e. The number of hydrogen-bond acceptors (Lipinski definition) is 3. The molecule has 0 bridgehead atoms. The number of halogens is 2. The van der Waals surface area contributed by atoms with Gasteiger partial charge in [0.25, 0.3) is 0 Å². The third kappa shape index (κ3) is 1.99. The van der Waals surface area contributed by atoms with Crippen molar-refractivity contribution in [2.45, 2.75) is 0 Å². The fourth-order valence-electron chi connectivity index (χ4n) is 1.86. The zero-order valence-electron chi connectivity index (χ0n) is 9.41. The van der Waals surface area contributed by atoms with Crippen LogP contribution in [-0.2, 0) is 0 Å². The predicted octanol–water partition coefficient (Wildman–Crippen LogP) is 3.35. The first-order valence-corrected chi connectivity index (χ1v) is 5.95. The number of pyridine rings is 1. The summed E-state index contributed by atoms with van der Waals surface area (Å²) in [5.41, 5.74) is 0.921. The zero-order chi connectivity index (χ0) is 12.5. The van der Waals surface area contributed by atoms with E-state index in [1.807, 2.05) is 0 Å². The van der Waals surface area contributed by atoms with Crippen molar-refractivity contribution in [2.24, 2.45) is 0 Å². The Morgan fingerprint density at radius 3 is 3.06 bits per heavy atom. The highest BCUT2D eigenvalue weighted by atomic mass is 35.5. The van der Waals surface area contributed by atoms with Crippen LogP contribution in [0.15, 0.2) is 30.3 Å². The number of nitrogens with one attached hydrogen (secondary N) is 1. The molecule has 1 N–H and O–H groups in total. The van der Waals surface area contributed by atoms with Crippen molar-refractivity contribution in [1.29, 1.82) is 0 Å². The number of anilines is 1. The minimum absolute atomic E-state index is 0.344. The van der Waals surface area contributed by atoms with Crippen molar-refractivity contribution < 1.29 is 9.13 Å². The molecule has 0 unspecified atom stereocenters. The van der Waals surface area contributed by atoms with E-state index in [0.29, 0.717) is 41.0 Å². The topological polar surface area (TPSA) is 34.2 Å². The number of ether oxygens (including phenoxy) is 1. The summed E-state index contributed by atoms with van der Waals surface area (Å²) < 4.78 is 19.2. The first-order valence-electron chi connectivity index (χ1n) is 5.57. The average Bonchev–Trinajstić information content (AvgIpc) is 2.41. The van der Waals surface area contributed by atoms with E-state index in [1.54, 1.807) is 18.2 Å². The third-order valence-electron chi connectivity index (χ3n) is 2.71. The molecule has 5 heteroatoms. The minimum Gasteiger partial charge on any atom is -0.488 e. The fraction of sp³-hybridized carbons (Fsp3) is 0.154. The Morgan fingerprint density at radius 2 is 2.17 bits per heavy atom. The lowest BCUT2D eigenvalue weighted by Gasteiger charge is -2.18. The number of benzene rings is 1. The number of aromatic nitrogens is 1. The van der Waals surface area contributed by atoms with Crippen LogP contribution in [0, 0.1) is 5.82 Å². The summed E-state index contributed by atoms with van der Waals surface area (Å²) in [6, 6.07) is 7.92. The van der Waals surface area contributed by atoms with Crippen LogP contribution >= 0.6 is 11.6 Å². The van der Waals surface area contributed by atoms with Crippen molar-refractivity contribution in [2.75, 3.05) is 18.5 Å². The Morgan fingerprint density at radius 1 is 1.28 bits per heavy atom. The fourth-order valence-corrected chi connectivity index (χ4v) is 2.04. The molecule has 0 saturated heterocycles. The highest BCUT2D eigenvalue weighted by molar-refractivity contribution is 6.30. The molecule has 0 spiro atoms. The van der Waals surface area contributed by atoms with Crippen LogP contribution < -0.4 is 10.1 Å². The zero-order valence-corrected chi connectivity index (χ0v) is 10.2. The lowest BCUT2D eigenvalue weighted by atomic mass is 10.1. The third-order valence-corrected chi connectivity index (χ3v) is 2.95. The first kappa shape index (κ1) is 11.3. The summed E-state index contributed by atoms with van der Waals surface area (Å²) in [4.78, 5) is 4.35. The maximum atomic E-state index is 13.7. The van der Waals surface area contributed by atoms with Crippen LogP contribution in [0.25, 0.3) is 11.3 Å². The van der Waals surface area contributed by atoms with Gasteiger partial charge in [-0.15, -0.1) is 0 Å². The van der Waals surface area contributed by atoms with Gasteiger partial charge < -0.3 is 10.1 Å². The van der Waals surface area contributed by atoms with Gasteiger partial charge in [-0.25, -0.2) is 9.37 Å². The Bertz CT molecular complexity index is 604. The molecule has 1 aromatic carbocycles. The van der Waals surface area contributed by atoms with Crippen LogP contribution in [0.2, 0.25) is 5.02 Å². The molecule has 0 fully saturated rings. The molecule has 92 valence electrons. The van der Waals surface area contributed by atoms with Crippen molar-refractivity contribution in [3.63, 3.8) is 0 Å². The highest BCUT2D eigenvalue weighted by Gasteiger charge is 2.14. The Hall–Kier alpha value is -1.81. The smallest absolute Gasteiger partial charge is 0.169 e. The van der Waals surface area contributed by atoms with E-state index in [2.05, 4.69) is 10.3 Å².